The molecule has 2 fully saturated rings. The lowest BCUT2D eigenvalue weighted by Gasteiger charge is -2.43. The molecule has 0 spiro atoms. The monoisotopic (exact) mass is 183 g/mol. The smallest absolute Gasteiger partial charge is 0.0747 e. The Kier molecular flexibility index (Phi) is 3.19. The van der Waals surface area contributed by atoms with E-state index in [-0.39, 0.29) is 0 Å². The van der Waals surface area contributed by atoms with Crippen LogP contribution in [0.2, 0.25) is 0 Å². The molecule has 1 unspecified atom stereocenters. The number of hydrazine groups is 1. The van der Waals surface area contributed by atoms with Gasteiger partial charge in [-0.3, -0.25) is 10.7 Å². The molecule has 0 aromatic carbocycles. The fourth-order valence-electron chi connectivity index (χ4n) is 2.37. The van der Waals surface area contributed by atoms with E-state index in [1.165, 1.54) is 45.1 Å². The Morgan fingerprint density at radius 1 is 1.08 bits per heavy atom. The van der Waals surface area contributed by atoms with Gasteiger partial charge in [-0.25, -0.2) is 5.01 Å². The molecule has 2 aliphatic rings. The summed E-state index contributed by atoms with van der Waals surface area (Å²) in [6.07, 6.45) is 8.96. The molecule has 0 radical (unpaired) electrons. The highest BCUT2D eigenvalue weighted by Crippen LogP contribution is 2.20. The molecule has 0 bridgehead atoms. The van der Waals surface area contributed by atoms with Crippen LogP contribution in [0.5, 0.6) is 0 Å². The van der Waals surface area contributed by atoms with Crippen LogP contribution < -0.4 is 10.7 Å². The van der Waals surface area contributed by atoms with Crippen LogP contribution in [0.4, 0.5) is 0 Å². The number of rotatable bonds is 3. The molecule has 2 rings (SSSR count). The molecule has 3 heteroatoms. The highest BCUT2D eigenvalue weighted by molar-refractivity contribution is 4.82. The van der Waals surface area contributed by atoms with Gasteiger partial charge in [0.05, 0.1) is 6.17 Å². The normalized spacial score (nSPS) is 31.6. The molecule has 3 nitrogen and oxygen atoms in total. The first-order valence-electron chi connectivity index (χ1n) is 5.60. The SMILES string of the molecule is CNN1CCC1NC1CCCCC1. The van der Waals surface area contributed by atoms with Crippen LogP contribution in [-0.2, 0) is 0 Å². The third-order valence-electron chi connectivity index (χ3n) is 3.34. The van der Waals surface area contributed by atoms with Crippen LogP contribution in [0.15, 0.2) is 0 Å². The van der Waals surface area contributed by atoms with Gasteiger partial charge < -0.3 is 0 Å². The molecule has 0 amide bonds. The zero-order valence-corrected chi connectivity index (χ0v) is 8.55. The average Bonchev–Trinajstić information content (AvgIpc) is 2.15. The van der Waals surface area contributed by atoms with E-state index in [1.807, 2.05) is 7.05 Å². The van der Waals surface area contributed by atoms with Crippen LogP contribution in [0.3, 0.4) is 0 Å². The van der Waals surface area contributed by atoms with Gasteiger partial charge in [0, 0.05) is 12.6 Å². The molecule has 1 aliphatic heterocycles. The zero-order chi connectivity index (χ0) is 9.10. The average molecular weight is 183 g/mol. The minimum atomic E-state index is 0.605. The van der Waals surface area contributed by atoms with E-state index in [4.69, 9.17) is 0 Å². The Hall–Kier alpha value is -0.120. The van der Waals surface area contributed by atoms with E-state index in [0.717, 1.165) is 6.04 Å². The summed E-state index contributed by atoms with van der Waals surface area (Å²) >= 11 is 0. The van der Waals surface area contributed by atoms with Gasteiger partial charge in [-0.2, -0.15) is 0 Å². The van der Waals surface area contributed by atoms with E-state index >= 15 is 0 Å². The molecular formula is C10H21N3. The van der Waals surface area contributed by atoms with Crippen LogP contribution in [0.1, 0.15) is 38.5 Å². The summed E-state index contributed by atoms with van der Waals surface area (Å²) in [7, 11) is 2.01. The lowest BCUT2D eigenvalue weighted by molar-refractivity contribution is 0.00943. The highest BCUT2D eigenvalue weighted by Gasteiger charge is 2.28. The fraction of sp³-hybridized carbons (Fsp3) is 1.00. The van der Waals surface area contributed by atoms with E-state index in [1.54, 1.807) is 0 Å². The second-order valence-corrected chi connectivity index (χ2v) is 4.22. The summed E-state index contributed by atoms with van der Waals surface area (Å²) in [5.41, 5.74) is 3.21. The maximum absolute atomic E-state index is 3.72. The summed E-state index contributed by atoms with van der Waals surface area (Å²) in [4.78, 5) is 0. The molecule has 1 heterocycles. The van der Waals surface area contributed by atoms with E-state index in [0.29, 0.717) is 6.17 Å². The number of nitrogens with one attached hydrogen (secondary N) is 2. The van der Waals surface area contributed by atoms with Crippen molar-refractivity contribution in [1.29, 1.82) is 0 Å². The quantitative estimate of drug-likeness (QED) is 0.685. The molecule has 0 aromatic heterocycles. The Bertz CT molecular complexity index is 152. The molecular weight excluding hydrogens is 162 g/mol. The van der Waals surface area contributed by atoms with Crippen molar-refractivity contribution in [2.75, 3.05) is 13.6 Å². The van der Waals surface area contributed by atoms with Crippen molar-refractivity contribution in [3.8, 4) is 0 Å². The number of hydrogen-bond acceptors (Lipinski definition) is 3. The van der Waals surface area contributed by atoms with Crippen molar-refractivity contribution in [2.24, 2.45) is 0 Å². The van der Waals surface area contributed by atoms with E-state index in [2.05, 4.69) is 15.8 Å². The minimum Gasteiger partial charge on any atom is -0.298 e. The van der Waals surface area contributed by atoms with Gasteiger partial charge in [0.2, 0.25) is 0 Å². The predicted molar refractivity (Wildman–Crippen MR) is 54.2 cm³/mol. The molecule has 1 saturated carbocycles. The van der Waals surface area contributed by atoms with Gasteiger partial charge in [0.15, 0.2) is 0 Å². The first-order chi connectivity index (χ1) is 6.40. The third-order valence-corrected chi connectivity index (χ3v) is 3.34. The predicted octanol–water partition coefficient (Wildman–Crippen LogP) is 1.07. The first-order valence-corrected chi connectivity index (χ1v) is 5.60. The third kappa shape index (κ3) is 2.22. The van der Waals surface area contributed by atoms with Crippen LogP contribution in [0, 0.1) is 0 Å². The van der Waals surface area contributed by atoms with Gasteiger partial charge in [-0.15, -0.1) is 0 Å². The Morgan fingerprint density at radius 3 is 2.38 bits per heavy atom. The van der Waals surface area contributed by atoms with Gasteiger partial charge in [0.25, 0.3) is 0 Å². The summed E-state index contributed by atoms with van der Waals surface area (Å²) in [6, 6.07) is 0.787. The van der Waals surface area contributed by atoms with Gasteiger partial charge in [-0.05, 0) is 26.3 Å². The molecule has 1 aliphatic carbocycles. The van der Waals surface area contributed by atoms with Gasteiger partial charge >= 0.3 is 0 Å². The molecule has 2 N–H and O–H groups in total. The molecule has 0 aromatic rings. The zero-order valence-electron chi connectivity index (χ0n) is 8.55. The van der Waals surface area contributed by atoms with Crippen molar-refractivity contribution in [1.82, 2.24) is 15.8 Å². The summed E-state index contributed by atoms with van der Waals surface area (Å²) in [5, 5.41) is 6.01. The van der Waals surface area contributed by atoms with Crippen LogP contribution >= 0.6 is 0 Å². The topological polar surface area (TPSA) is 27.3 Å². The number of hydrogen-bond donors (Lipinski definition) is 2. The molecule has 76 valence electrons. The van der Waals surface area contributed by atoms with Gasteiger partial charge in [0.1, 0.15) is 0 Å². The van der Waals surface area contributed by atoms with Crippen LogP contribution in [-0.4, -0.2) is 30.8 Å². The molecule has 1 atom stereocenters. The summed E-state index contributed by atoms with van der Waals surface area (Å²) in [6.45, 7) is 1.20. The van der Waals surface area contributed by atoms with Crippen molar-refractivity contribution in [3.63, 3.8) is 0 Å². The maximum atomic E-state index is 3.72. The second kappa shape index (κ2) is 4.40. The second-order valence-electron chi connectivity index (χ2n) is 4.22. The van der Waals surface area contributed by atoms with Crippen LogP contribution in [0.25, 0.3) is 0 Å². The Balaban J connectivity index is 1.70. The summed E-state index contributed by atoms with van der Waals surface area (Å²) < 4.78 is 0. The molecule has 1 saturated heterocycles. The minimum absolute atomic E-state index is 0.605. The Labute approximate surface area is 80.8 Å². The highest BCUT2D eigenvalue weighted by atomic mass is 15.6. The fourth-order valence-corrected chi connectivity index (χ4v) is 2.37. The lowest BCUT2D eigenvalue weighted by Crippen LogP contribution is -2.62. The summed E-state index contributed by atoms with van der Waals surface area (Å²) in [5.74, 6) is 0. The van der Waals surface area contributed by atoms with E-state index < -0.39 is 0 Å². The van der Waals surface area contributed by atoms with Crippen molar-refractivity contribution in [3.05, 3.63) is 0 Å². The largest absolute Gasteiger partial charge is 0.298 e. The van der Waals surface area contributed by atoms with Crippen molar-refractivity contribution >= 4 is 0 Å². The first kappa shape index (κ1) is 9.44. The van der Waals surface area contributed by atoms with E-state index in [9.17, 15) is 0 Å². The van der Waals surface area contributed by atoms with Crippen molar-refractivity contribution < 1.29 is 0 Å². The van der Waals surface area contributed by atoms with Gasteiger partial charge in [-0.1, -0.05) is 19.3 Å². The Morgan fingerprint density at radius 2 is 1.85 bits per heavy atom. The lowest BCUT2D eigenvalue weighted by atomic mass is 9.95. The standard InChI is InChI=1S/C10H21N3/c1-11-13-8-7-10(13)12-9-5-3-2-4-6-9/h9-12H,2-8H2,1H3. The number of nitrogens with zero attached hydrogens (tertiary/aromatic N) is 1. The maximum Gasteiger partial charge on any atom is 0.0747 e. The van der Waals surface area contributed by atoms with Crippen molar-refractivity contribution in [2.45, 2.75) is 50.7 Å². The molecule has 13 heavy (non-hydrogen) atoms.